The van der Waals surface area contributed by atoms with E-state index in [-0.39, 0.29) is 11.9 Å². The molecule has 0 radical (unpaired) electrons. The monoisotopic (exact) mass is 599 g/mol. The number of nitrogens with one attached hydrogen (secondary N) is 2. The smallest absolute Gasteiger partial charge is 0.407 e. The van der Waals surface area contributed by atoms with E-state index >= 15 is 4.39 Å². The number of piperidine rings is 1. The molecule has 1 unspecified atom stereocenters. The molecule has 0 bridgehead atoms. The van der Waals surface area contributed by atoms with Gasteiger partial charge in [0.2, 0.25) is 11.8 Å². The van der Waals surface area contributed by atoms with Gasteiger partial charge in [-0.1, -0.05) is 12.1 Å². The predicted octanol–water partition coefficient (Wildman–Crippen LogP) is 6.86. The summed E-state index contributed by atoms with van der Waals surface area (Å²) in [6, 6.07) is 12.3. The Morgan fingerprint density at radius 3 is 2.79 bits per heavy atom. The number of aryl methyl sites for hydroxylation is 2. The number of halogens is 1. The molecule has 1 saturated heterocycles. The van der Waals surface area contributed by atoms with Crippen LogP contribution in [0.1, 0.15) is 29.1 Å². The van der Waals surface area contributed by atoms with E-state index in [1.807, 2.05) is 37.4 Å². The summed E-state index contributed by atoms with van der Waals surface area (Å²) in [5.41, 5.74) is 3.34. The lowest BCUT2D eigenvalue weighted by Crippen LogP contribution is -2.44. The van der Waals surface area contributed by atoms with E-state index in [4.69, 9.17) is 9.72 Å². The lowest BCUT2D eigenvalue weighted by atomic mass is 10.0. The van der Waals surface area contributed by atoms with Crippen molar-refractivity contribution in [3.8, 4) is 22.9 Å². The standard InChI is InChI=1S/C31H30FN7O3S/c1-18-7-8-22-23(9-10-25(32)27(22)35-15-21-17-43-19(2)36-21)28(18)42-29-24(6-3-12-33-29)26-11-13-34-30(38-26)37-20-5-4-14-39(16-20)31(40)41/h3,6-13,17,20,35H,4-5,14-16H2,1-2H3,(H,40,41)(H,34,37,38). The van der Waals surface area contributed by atoms with Gasteiger partial charge in [0, 0.05) is 47.7 Å². The van der Waals surface area contributed by atoms with Crippen molar-refractivity contribution in [1.29, 1.82) is 0 Å². The number of fused-ring (bicyclic) bond motifs is 1. The third kappa shape index (κ3) is 6.19. The zero-order chi connectivity index (χ0) is 29.9. The van der Waals surface area contributed by atoms with Crippen molar-refractivity contribution in [1.82, 2.24) is 24.8 Å². The summed E-state index contributed by atoms with van der Waals surface area (Å²) in [4.78, 5) is 30.9. The van der Waals surface area contributed by atoms with Crippen LogP contribution in [0.5, 0.6) is 11.6 Å². The molecule has 1 atom stereocenters. The number of nitrogens with zero attached hydrogens (tertiary/aromatic N) is 5. The molecule has 220 valence electrons. The highest BCUT2D eigenvalue weighted by Gasteiger charge is 2.24. The number of thiazole rings is 1. The fourth-order valence-electron chi connectivity index (χ4n) is 5.24. The largest absolute Gasteiger partial charge is 0.465 e. The molecule has 0 saturated carbocycles. The number of hydrogen-bond donors (Lipinski definition) is 3. The number of carboxylic acid groups (broad SMARTS) is 1. The van der Waals surface area contributed by atoms with E-state index in [0.717, 1.165) is 34.5 Å². The van der Waals surface area contributed by atoms with Crippen LogP contribution >= 0.6 is 11.3 Å². The van der Waals surface area contributed by atoms with E-state index in [9.17, 15) is 9.90 Å². The van der Waals surface area contributed by atoms with Crippen molar-refractivity contribution in [3.05, 3.63) is 82.3 Å². The van der Waals surface area contributed by atoms with Crippen LogP contribution in [0.15, 0.2) is 60.2 Å². The van der Waals surface area contributed by atoms with Crippen LogP contribution in [0.2, 0.25) is 0 Å². The molecule has 4 heterocycles. The van der Waals surface area contributed by atoms with Gasteiger partial charge in [0.15, 0.2) is 0 Å². The number of anilines is 2. The maximum Gasteiger partial charge on any atom is 0.407 e. The second-order valence-electron chi connectivity index (χ2n) is 10.4. The highest BCUT2D eigenvalue weighted by molar-refractivity contribution is 7.09. The fraction of sp³-hybridized carbons (Fsp3) is 0.258. The maximum atomic E-state index is 15.1. The van der Waals surface area contributed by atoms with E-state index < -0.39 is 6.09 Å². The van der Waals surface area contributed by atoms with Crippen LogP contribution in [0.4, 0.5) is 20.8 Å². The third-order valence-electron chi connectivity index (χ3n) is 7.34. The van der Waals surface area contributed by atoms with Gasteiger partial charge in [-0.15, -0.1) is 11.3 Å². The number of pyridine rings is 1. The van der Waals surface area contributed by atoms with Gasteiger partial charge in [-0.2, -0.15) is 0 Å². The zero-order valence-electron chi connectivity index (χ0n) is 23.7. The Balaban J connectivity index is 1.29. The van der Waals surface area contributed by atoms with Gasteiger partial charge in [0.25, 0.3) is 0 Å². The Kier molecular flexibility index (Phi) is 8.01. The Morgan fingerprint density at radius 1 is 1.12 bits per heavy atom. The molecule has 1 aliphatic rings. The van der Waals surface area contributed by atoms with Crippen LogP contribution in [-0.4, -0.2) is 55.2 Å². The van der Waals surface area contributed by atoms with Gasteiger partial charge >= 0.3 is 6.09 Å². The summed E-state index contributed by atoms with van der Waals surface area (Å²) in [7, 11) is 0. The minimum absolute atomic E-state index is 0.0919. The Morgan fingerprint density at radius 2 is 1.98 bits per heavy atom. The minimum atomic E-state index is -0.928. The minimum Gasteiger partial charge on any atom is -0.465 e. The summed E-state index contributed by atoms with van der Waals surface area (Å²) in [5, 5.41) is 20.2. The van der Waals surface area contributed by atoms with E-state index in [2.05, 4.69) is 25.6 Å². The first kappa shape index (κ1) is 28.3. The topological polar surface area (TPSA) is 125 Å². The molecule has 0 aliphatic carbocycles. The van der Waals surface area contributed by atoms with Gasteiger partial charge < -0.3 is 25.4 Å². The summed E-state index contributed by atoms with van der Waals surface area (Å²) in [5.74, 6) is 0.938. The first-order valence-electron chi connectivity index (χ1n) is 13.9. The number of aromatic nitrogens is 4. The van der Waals surface area contributed by atoms with Gasteiger partial charge in [0.1, 0.15) is 11.6 Å². The number of likely N-dealkylation sites (tertiary alicyclic amines) is 1. The molecule has 1 fully saturated rings. The highest BCUT2D eigenvalue weighted by atomic mass is 32.1. The lowest BCUT2D eigenvalue weighted by molar-refractivity contribution is 0.132. The number of hydrogen-bond acceptors (Lipinski definition) is 9. The molecular weight excluding hydrogens is 569 g/mol. The van der Waals surface area contributed by atoms with Crippen LogP contribution in [0.25, 0.3) is 22.0 Å². The third-order valence-corrected chi connectivity index (χ3v) is 8.16. The lowest BCUT2D eigenvalue weighted by Gasteiger charge is -2.31. The van der Waals surface area contributed by atoms with Gasteiger partial charge in [-0.05, 0) is 62.6 Å². The van der Waals surface area contributed by atoms with E-state index in [1.165, 1.54) is 11.0 Å². The number of carbonyl (C=O) groups is 1. The Hall–Kier alpha value is -4.84. The molecule has 10 nitrogen and oxygen atoms in total. The summed E-state index contributed by atoms with van der Waals surface area (Å²) in [6.07, 6.45) is 3.94. The van der Waals surface area contributed by atoms with E-state index in [0.29, 0.717) is 59.5 Å². The SMILES string of the molecule is Cc1nc(CNc2c(F)ccc3c(Oc4ncccc4-c4ccnc(NC5CCCN(C(=O)O)C5)n4)c(C)ccc23)cs1. The molecular formula is C31H30FN7O3S. The second kappa shape index (κ2) is 12.2. The molecule has 12 heteroatoms. The quantitative estimate of drug-likeness (QED) is 0.175. The molecule has 5 aromatic rings. The van der Waals surface area contributed by atoms with Crippen LogP contribution in [0.3, 0.4) is 0 Å². The summed E-state index contributed by atoms with van der Waals surface area (Å²) in [6.45, 7) is 5.16. The van der Waals surface area contributed by atoms with Crippen LogP contribution in [0, 0.1) is 19.7 Å². The molecule has 2 aromatic carbocycles. The van der Waals surface area contributed by atoms with Gasteiger partial charge in [0.05, 0.1) is 34.2 Å². The van der Waals surface area contributed by atoms with Crippen molar-refractivity contribution in [2.45, 2.75) is 39.3 Å². The van der Waals surface area contributed by atoms with Crippen molar-refractivity contribution in [2.24, 2.45) is 0 Å². The van der Waals surface area contributed by atoms with Crippen LogP contribution < -0.4 is 15.4 Å². The van der Waals surface area contributed by atoms with Crippen molar-refractivity contribution >= 4 is 39.8 Å². The van der Waals surface area contributed by atoms with E-state index in [1.54, 1.807) is 41.9 Å². The number of rotatable bonds is 8. The second-order valence-corrected chi connectivity index (χ2v) is 11.4. The van der Waals surface area contributed by atoms with Crippen molar-refractivity contribution in [2.75, 3.05) is 23.7 Å². The summed E-state index contributed by atoms with van der Waals surface area (Å²) >= 11 is 1.55. The molecule has 1 aliphatic heterocycles. The molecule has 0 spiro atoms. The normalized spacial score (nSPS) is 15.0. The summed E-state index contributed by atoms with van der Waals surface area (Å²) < 4.78 is 21.5. The molecule has 3 N–H and O–H groups in total. The molecule has 43 heavy (non-hydrogen) atoms. The van der Waals surface area contributed by atoms with Crippen LogP contribution in [-0.2, 0) is 6.54 Å². The zero-order valence-corrected chi connectivity index (χ0v) is 24.5. The number of ether oxygens (including phenoxy) is 1. The average Bonchev–Trinajstić information content (AvgIpc) is 3.43. The Labute approximate surface area is 251 Å². The average molecular weight is 600 g/mol. The first-order valence-corrected chi connectivity index (χ1v) is 14.8. The number of benzene rings is 2. The van der Waals surface area contributed by atoms with Crippen molar-refractivity contribution < 1.29 is 19.0 Å². The molecule has 3 aromatic heterocycles. The number of amides is 1. The van der Waals surface area contributed by atoms with Gasteiger partial charge in [-0.3, -0.25) is 0 Å². The highest BCUT2D eigenvalue weighted by Crippen LogP contribution is 2.39. The molecule has 6 rings (SSSR count). The predicted molar refractivity (Wildman–Crippen MR) is 164 cm³/mol. The maximum absolute atomic E-state index is 15.1. The van der Waals surface area contributed by atoms with Gasteiger partial charge in [-0.25, -0.2) is 29.1 Å². The fourth-order valence-corrected chi connectivity index (χ4v) is 5.85. The molecule has 1 amide bonds. The van der Waals surface area contributed by atoms with Crippen molar-refractivity contribution in [3.63, 3.8) is 0 Å². The first-order chi connectivity index (χ1) is 20.9. The Bertz CT molecular complexity index is 1800.